The second-order valence-electron chi connectivity index (χ2n) is 8.12. The molecule has 7 nitrogen and oxygen atoms in total. The number of rotatable bonds is 6. The number of carbonyl (C=O) groups is 4. The normalized spacial score (nSPS) is 23.0. The number of hydrogen-bond donors (Lipinski definition) is 1. The van der Waals surface area contributed by atoms with Crippen LogP contribution in [0.15, 0.2) is 18.2 Å². The molecule has 7 heteroatoms. The van der Waals surface area contributed by atoms with Crippen molar-refractivity contribution in [3.8, 4) is 0 Å². The van der Waals surface area contributed by atoms with Crippen LogP contribution in [0.25, 0.3) is 0 Å². The number of esters is 1. The van der Waals surface area contributed by atoms with E-state index in [1.807, 2.05) is 18.2 Å². The summed E-state index contributed by atoms with van der Waals surface area (Å²) in [5.74, 6) is -1.76. The van der Waals surface area contributed by atoms with E-state index in [1.165, 1.54) is 16.0 Å². The van der Waals surface area contributed by atoms with Crippen LogP contribution in [0.3, 0.4) is 0 Å². The van der Waals surface area contributed by atoms with Crippen molar-refractivity contribution in [1.82, 2.24) is 4.90 Å². The van der Waals surface area contributed by atoms with Crippen LogP contribution in [0.2, 0.25) is 0 Å². The highest BCUT2D eigenvalue weighted by molar-refractivity contribution is 6.05. The Labute approximate surface area is 169 Å². The van der Waals surface area contributed by atoms with Gasteiger partial charge in [0.05, 0.1) is 18.3 Å². The van der Waals surface area contributed by atoms with Gasteiger partial charge in [-0.25, -0.2) is 0 Å². The Morgan fingerprint density at radius 3 is 2.41 bits per heavy atom. The van der Waals surface area contributed by atoms with E-state index >= 15 is 0 Å². The average Bonchev–Trinajstić information content (AvgIpc) is 3.28. The fourth-order valence-corrected chi connectivity index (χ4v) is 4.72. The number of nitrogens with zero attached hydrogens (tertiary/aromatic N) is 1. The van der Waals surface area contributed by atoms with Gasteiger partial charge >= 0.3 is 5.97 Å². The molecule has 1 aromatic rings. The average molecular weight is 398 g/mol. The minimum atomic E-state index is -0.593. The molecule has 154 valence electrons. The zero-order chi connectivity index (χ0) is 20.4. The van der Waals surface area contributed by atoms with Gasteiger partial charge < -0.3 is 10.1 Å². The second-order valence-corrected chi connectivity index (χ2v) is 8.12. The van der Waals surface area contributed by atoms with Gasteiger partial charge in [0.1, 0.15) is 0 Å². The van der Waals surface area contributed by atoms with E-state index in [1.54, 1.807) is 0 Å². The standard InChI is InChI=1S/C22H26N2O5/c25-19(23-16-9-8-14-4-3-5-15(14)12-16)13-29-20(26)10-11-24-21(27)17-6-1-2-7-18(17)22(24)28/h8-9,12,17-18H,1-7,10-11,13H2,(H,23,25)/t17-,18+. The Morgan fingerprint density at radius 1 is 1.00 bits per heavy atom. The monoisotopic (exact) mass is 398 g/mol. The first kappa shape index (κ1) is 19.6. The molecule has 2 fully saturated rings. The van der Waals surface area contributed by atoms with Gasteiger partial charge in [-0.1, -0.05) is 18.9 Å². The molecule has 0 radical (unpaired) electrons. The molecule has 4 rings (SSSR count). The number of imide groups is 1. The fourth-order valence-electron chi connectivity index (χ4n) is 4.72. The van der Waals surface area contributed by atoms with Crippen molar-refractivity contribution in [2.75, 3.05) is 18.5 Å². The lowest BCUT2D eigenvalue weighted by atomic mass is 9.81. The topological polar surface area (TPSA) is 92.8 Å². The van der Waals surface area contributed by atoms with Crippen LogP contribution in [0.1, 0.15) is 49.7 Å². The van der Waals surface area contributed by atoms with E-state index in [4.69, 9.17) is 4.74 Å². The molecule has 3 aliphatic rings. The Kier molecular flexibility index (Phi) is 5.65. The van der Waals surface area contributed by atoms with Crippen molar-refractivity contribution < 1.29 is 23.9 Å². The third kappa shape index (κ3) is 4.18. The number of carbonyl (C=O) groups excluding carboxylic acids is 4. The quantitative estimate of drug-likeness (QED) is 0.586. The number of fused-ring (bicyclic) bond motifs is 2. The van der Waals surface area contributed by atoms with E-state index in [2.05, 4.69) is 5.32 Å². The summed E-state index contributed by atoms with van der Waals surface area (Å²) in [6.07, 6.45) is 6.56. The number of amides is 3. The molecule has 1 aliphatic heterocycles. The van der Waals surface area contributed by atoms with E-state index in [9.17, 15) is 19.2 Å². The molecule has 1 aromatic carbocycles. The summed E-state index contributed by atoms with van der Waals surface area (Å²) in [4.78, 5) is 50.0. The minimum Gasteiger partial charge on any atom is -0.456 e. The maximum Gasteiger partial charge on any atom is 0.308 e. The van der Waals surface area contributed by atoms with Crippen LogP contribution < -0.4 is 5.32 Å². The van der Waals surface area contributed by atoms with Gasteiger partial charge in [0.2, 0.25) is 11.8 Å². The van der Waals surface area contributed by atoms with E-state index in [0.717, 1.165) is 44.9 Å². The zero-order valence-electron chi connectivity index (χ0n) is 16.4. The van der Waals surface area contributed by atoms with Gasteiger partial charge in [0, 0.05) is 12.2 Å². The highest BCUT2D eigenvalue weighted by Crippen LogP contribution is 2.38. The number of nitrogens with one attached hydrogen (secondary N) is 1. The molecule has 0 unspecified atom stereocenters. The Balaban J connectivity index is 1.21. The summed E-state index contributed by atoms with van der Waals surface area (Å²) in [6, 6.07) is 5.84. The van der Waals surface area contributed by atoms with Gasteiger partial charge in [-0.15, -0.1) is 0 Å². The van der Waals surface area contributed by atoms with Crippen molar-refractivity contribution in [1.29, 1.82) is 0 Å². The third-order valence-electron chi connectivity index (χ3n) is 6.22. The molecule has 1 saturated heterocycles. The first-order valence-electron chi connectivity index (χ1n) is 10.5. The Bertz CT molecular complexity index is 826. The van der Waals surface area contributed by atoms with E-state index in [-0.39, 0.29) is 43.2 Å². The number of hydrogen-bond acceptors (Lipinski definition) is 5. The van der Waals surface area contributed by atoms with Crippen LogP contribution in [-0.2, 0) is 36.8 Å². The predicted molar refractivity (Wildman–Crippen MR) is 105 cm³/mol. The third-order valence-corrected chi connectivity index (χ3v) is 6.22. The minimum absolute atomic E-state index is 0.0238. The molecular formula is C22H26N2O5. The lowest BCUT2D eigenvalue weighted by Gasteiger charge is -2.19. The number of anilines is 1. The summed E-state index contributed by atoms with van der Waals surface area (Å²) in [7, 11) is 0. The summed E-state index contributed by atoms with van der Waals surface area (Å²) in [5, 5.41) is 2.74. The first-order chi connectivity index (χ1) is 14.0. The predicted octanol–water partition coefficient (Wildman–Crippen LogP) is 2.22. The highest BCUT2D eigenvalue weighted by atomic mass is 16.5. The molecule has 2 aliphatic carbocycles. The SMILES string of the molecule is O=C(COC(=O)CCN1C(=O)[C@H]2CCCC[C@H]2C1=O)Nc1ccc2c(c1)CCC2. The summed E-state index contributed by atoms with van der Waals surface area (Å²) in [6.45, 7) is -0.362. The van der Waals surface area contributed by atoms with Crippen LogP contribution in [0.4, 0.5) is 5.69 Å². The number of likely N-dealkylation sites (tertiary alicyclic amines) is 1. The smallest absolute Gasteiger partial charge is 0.308 e. The molecule has 1 saturated carbocycles. The van der Waals surface area contributed by atoms with Gasteiger partial charge in [-0.3, -0.25) is 24.1 Å². The first-order valence-corrected chi connectivity index (χ1v) is 10.5. The van der Waals surface area contributed by atoms with Crippen molar-refractivity contribution in [2.24, 2.45) is 11.8 Å². The van der Waals surface area contributed by atoms with Gasteiger partial charge in [-0.2, -0.15) is 0 Å². The molecule has 0 bridgehead atoms. The molecular weight excluding hydrogens is 372 g/mol. The molecule has 1 N–H and O–H groups in total. The molecule has 2 atom stereocenters. The Hall–Kier alpha value is -2.70. The lowest BCUT2D eigenvalue weighted by Crippen LogP contribution is -2.33. The lowest BCUT2D eigenvalue weighted by molar-refractivity contribution is -0.148. The van der Waals surface area contributed by atoms with Crippen molar-refractivity contribution >= 4 is 29.4 Å². The van der Waals surface area contributed by atoms with Gasteiger partial charge in [0.25, 0.3) is 5.91 Å². The van der Waals surface area contributed by atoms with Crippen LogP contribution in [0, 0.1) is 11.8 Å². The maximum absolute atomic E-state index is 12.4. The largest absolute Gasteiger partial charge is 0.456 e. The number of benzene rings is 1. The number of ether oxygens (including phenoxy) is 1. The van der Waals surface area contributed by atoms with Gasteiger partial charge in [0.15, 0.2) is 6.61 Å². The molecule has 1 heterocycles. The van der Waals surface area contributed by atoms with Crippen molar-refractivity contribution in [2.45, 2.75) is 51.4 Å². The zero-order valence-corrected chi connectivity index (χ0v) is 16.4. The van der Waals surface area contributed by atoms with Crippen LogP contribution in [0.5, 0.6) is 0 Å². The molecule has 29 heavy (non-hydrogen) atoms. The molecule has 0 spiro atoms. The second kappa shape index (κ2) is 8.35. The summed E-state index contributed by atoms with van der Waals surface area (Å²) >= 11 is 0. The van der Waals surface area contributed by atoms with E-state index in [0.29, 0.717) is 5.69 Å². The summed E-state index contributed by atoms with van der Waals surface area (Å²) in [5.41, 5.74) is 3.27. The maximum atomic E-state index is 12.4. The fraction of sp³-hybridized carbons (Fsp3) is 0.545. The van der Waals surface area contributed by atoms with Crippen LogP contribution in [-0.4, -0.2) is 41.7 Å². The Morgan fingerprint density at radius 2 is 1.69 bits per heavy atom. The number of aryl methyl sites for hydroxylation is 2. The van der Waals surface area contributed by atoms with Crippen LogP contribution >= 0.6 is 0 Å². The van der Waals surface area contributed by atoms with E-state index < -0.39 is 11.9 Å². The molecule has 3 amide bonds. The van der Waals surface area contributed by atoms with Gasteiger partial charge in [-0.05, 0) is 55.4 Å². The highest BCUT2D eigenvalue weighted by Gasteiger charge is 2.47. The van der Waals surface area contributed by atoms with Crippen molar-refractivity contribution in [3.63, 3.8) is 0 Å². The summed E-state index contributed by atoms with van der Waals surface area (Å²) < 4.78 is 5.02. The van der Waals surface area contributed by atoms with Crippen molar-refractivity contribution in [3.05, 3.63) is 29.3 Å². The molecule has 0 aromatic heterocycles.